The van der Waals surface area contributed by atoms with Crippen molar-refractivity contribution in [3.05, 3.63) is 78.1 Å². The molecule has 3 unspecified atom stereocenters. The second-order valence-corrected chi connectivity index (χ2v) is 11.5. The van der Waals surface area contributed by atoms with Gasteiger partial charge in [-0.3, -0.25) is 19.5 Å². The zero-order valence-electron chi connectivity index (χ0n) is 21.8. The summed E-state index contributed by atoms with van der Waals surface area (Å²) in [6, 6.07) is 10.3. The first-order valence-corrected chi connectivity index (χ1v) is 13.2. The SMILES string of the molecule is CC(C)(C)c1ccc(N(C(=O)c2c[nH]cn2)C(C(=O)NC2C[C@@H]3CO[C@@H]4OC2C[C@H]34)c2cccnc2)cc1. The molecule has 0 radical (unpaired) electrons. The standard InChI is InChI=1S/C29H33N5O4/c1-29(2,3)19-6-8-20(9-7-19)34(27(36)23-14-31-16-32-23)25(17-5-4-10-30-13-17)26(35)33-22-11-18-15-37-28-21(18)12-24(22)38-28/h4-10,13-14,16,18,21-22,24-25,28H,11-12,15H2,1-3H3,(H,31,32)(H,33,35)/t18-,21-,22?,24?,25?,28-/m1/s1. The molecule has 1 aliphatic carbocycles. The van der Waals surface area contributed by atoms with E-state index in [-0.39, 0.29) is 41.4 Å². The molecule has 2 saturated heterocycles. The molecule has 2 aromatic heterocycles. The smallest absolute Gasteiger partial charge is 0.279 e. The number of fused-ring (bicyclic) bond motifs is 1. The highest BCUT2D eigenvalue weighted by molar-refractivity contribution is 6.09. The van der Waals surface area contributed by atoms with Crippen molar-refractivity contribution in [1.29, 1.82) is 0 Å². The Hall–Kier alpha value is -3.56. The van der Waals surface area contributed by atoms with Crippen molar-refractivity contribution in [3.8, 4) is 0 Å². The molecule has 9 nitrogen and oxygen atoms in total. The van der Waals surface area contributed by atoms with Gasteiger partial charge in [-0.1, -0.05) is 39.0 Å². The van der Waals surface area contributed by atoms with Crippen LogP contribution in [0.1, 0.15) is 61.3 Å². The number of amides is 2. The fraction of sp³-hybridized carbons (Fsp3) is 0.448. The lowest BCUT2D eigenvalue weighted by molar-refractivity contribution is -0.136. The van der Waals surface area contributed by atoms with Gasteiger partial charge in [0.15, 0.2) is 6.29 Å². The number of carbonyl (C=O) groups is 2. The van der Waals surface area contributed by atoms with Crippen molar-refractivity contribution in [2.45, 2.75) is 63.5 Å². The van der Waals surface area contributed by atoms with Gasteiger partial charge in [-0.25, -0.2) is 4.98 Å². The van der Waals surface area contributed by atoms with E-state index < -0.39 is 6.04 Å². The molecule has 2 bridgehead atoms. The van der Waals surface area contributed by atoms with Crippen LogP contribution in [0.15, 0.2) is 61.3 Å². The molecule has 3 aliphatic rings. The predicted molar refractivity (Wildman–Crippen MR) is 140 cm³/mol. The average Bonchev–Trinajstić information content (AvgIpc) is 3.64. The summed E-state index contributed by atoms with van der Waals surface area (Å²) in [5.74, 6) is 0.110. The number of H-pyrrole nitrogens is 1. The van der Waals surface area contributed by atoms with Gasteiger partial charge in [0.1, 0.15) is 11.7 Å². The molecule has 6 rings (SSSR count). The van der Waals surface area contributed by atoms with Gasteiger partial charge in [0.2, 0.25) is 5.91 Å². The Kier molecular flexibility index (Phi) is 6.28. The summed E-state index contributed by atoms with van der Waals surface area (Å²) in [6.07, 6.45) is 7.70. The van der Waals surface area contributed by atoms with Crippen LogP contribution in [0.3, 0.4) is 0 Å². The number of hydrogen-bond acceptors (Lipinski definition) is 6. The summed E-state index contributed by atoms with van der Waals surface area (Å²) >= 11 is 0. The summed E-state index contributed by atoms with van der Waals surface area (Å²) in [5.41, 5.74) is 2.51. The van der Waals surface area contributed by atoms with E-state index in [1.54, 1.807) is 24.7 Å². The summed E-state index contributed by atoms with van der Waals surface area (Å²) in [6.45, 7) is 7.07. The molecule has 198 valence electrons. The van der Waals surface area contributed by atoms with E-state index in [9.17, 15) is 9.59 Å². The molecule has 1 aromatic carbocycles. The number of aromatic amines is 1. The lowest BCUT2D eigenvalue weighted by atomic mass is 9.79. The fourth-order valence-corrected chi connectivity index (χ4v) is 5.98. The number of nitrogens with one attached hydrogen (secondary N) is 2. The molecule has 38 heavy (non-hydrogen) atoms. The van der Waals surface area contributed by atoms with Gasteiger partial charge in [-0.05, 0) is 47.9 Å². The van der Waals surface area contributed by atoms with E-state index in [0.29, 0.717) is 29.7 Å². The topological polar surface area (TPSA) is 109 Å². The number of ether oxygens (including phenoxy) is 2. The Balaban J connectivity index is 1.37. The Morgan fingerprint density at radius 1 is 1.16 bits per heavy atom. The molecule has 3 fully saturated rings. The molecular weight excluding hydrogens is 482 g/mol. The van der Waals surface area contributed by atoms with Gasteiger partial charge in [0.05, 0.1) is 25.1 Å². The van der Waals surface area contributed by atoms with Gasteiger partial charge < -0.3 is 19.8 Å². The zero-order valence-corrected chi connectivity index (χ0v) is 21.8. The highest BCUT2D eigenvalue weighted by Gasteiger charge is 2.53. The third kappa shape index (κ3) is 4.50. The van der Waals surface area contributed by atoms with Crippen LogP contribution in [0.2, 0.25) is 0 Å². The number of hydrogen-bond donors (Lipinski definition) is 2. The summed E-state index contributed by atoms with van der Waals surface area (Å²) in [5, 5.41) is 3.25. The monoisotopic (exact) mass is 515 g/mol. The largest absolute Gasteiger partial charge is 0.352 e. The summed E-state index contributed by atoms with van der Waals surface area (Å²) in [4.78, 5) is 40.9. The molecule has 4 heterocycles. The van der Waals surface area contributed by atoms with Gasteiger partial charge in [-0.2, -0.15) is 0 Å². The molecule has 3 aromatic rings. The highest BCUT2D eigenvalue weighted by atomic mass is 16.7. The number of imidazole rings is 1. The summed E-state index contributed by atoms with van der Waals surface area (Å²) < 4.78 is 11.9. The Morgan fingerprint density at radius 2 is 1.97 bits per heavy atom. The van der Waals surface area contributed by atoms with Gasteiger partial charge in [-0.15, -0.1) is 0 Å². The second-order valence-electron chi connectivity index (χ2n) is 11.5. The van der Waals surface area contributed by atoms with Crippen LogP contribution in [0, 0.1) is 11.8 Å². The Labute approximate surface area is 222 Å². The first kappa shape index (κ1) is 24.8. The maximum Gasteiger partial charge on any atom is 0.279 e. The van der Waals surface area contributed by atoms with Crippen molar-refractivity contribution in [2.24, 2.45) is 11.8 Å². The number of anilines is 1. The van der Waals surface area contributed by atoms with Crippen LogP contribution in [0.4, 0.5) is 5.69 Å². The number of nitrogens with zero attached hydrogens (tertiary/aromatic N) is 3. The minimum absolute atomic E-state index is 0.0566. The molecule has 6 atom stereocenters. The van der Waals surface area contributed by atoms with E-state index in [2.05, 4.69) is 41.0 Å². The van der Waals surface area contributed by atoms with Gasteiger partial charge in [0, 0.05) is 35.8 Å². The fourth-order valence-electron chi connectivity index (χ4n) is 5.98. The van der Waals surface area contributed by atoms with E-state index in [1.807, 2.05) is 30.3 Å². The molecule has 1 saturated carbocycles. The van der Waals surface area contributed by atoms with Crippen molar-refractivity contribution in [2.75, 3.05) is 11.5 Å². The normalized spacial score (nSPS) is 26.7. The van der Waals surface area contributed by atoms with Crippen LogP contribution >= 0.6 is 0 Å². The van der Waals surface area contributed by atoms with E-state index in [4.69, 9.17) is 9.47 Å². The third-order valence-electron chi connectivity index (χ3n) is 8.03. The number of carbonyl (C=O) groups excluding carboxylic acids is 2. The zero-order chi connectivity index (χ0) is 26.4. The molecule has 2 aliphatic heterocycles. The molecule has 2 amide bonds. The predicted octanol–water partition coefficient (Wildman–Crippen LogP) is 3.76. The second kappa shape index (κ2) is 9.63. The minimum Gasteiger partial charge on any atom is -0.352 e. The van der Waals surface area contributed by atoms with Gasteiger partial charge in [0.25, 0.3) is 5.91 Å². The number of rotatable bonds is 6. The Morgan fingerprint density at radius 3 is 2.66 bits per heavy atom. The molecule has 9 heteroatoms. The van der Waals surface area contributed by atoms with Crippen molar-refractivity contribution >= 4 is 17.5 Å². The van der Waals surface area contributed by atoms with E-state index >= 15 is 0 Å². The molecule has 2 N–H and O–H groups in total. The number of pyridine rings is 1. The Bertz CT molecular complexity index is 1290. The maximum absolute atomic E-state index is 14.2. The number of benzene rings is 1. The van der Waals surface area contributed by atoms with Crippen LogP contribution in [0.5, 0.6) is 0 Å². The van der Waals surface area contributed by atoms with Crippen LogP contribution in [-0.2, 0) is 19.7 Å². The van der Waals surface area contributed by atoms with Crippen LogP contribution in [0.25, 0.3) is 0 Å². The van der Waals surface area contributed by atoms with Crippen molar-refractivity contribution < 1.29 is 19.1 Å². The van der Waals surface area contributed by atoms with Crippen LogP contribution in [-0.4, -0.2) is 51.8 Å². The van der Waals surface area contributed by atoms with E-state index in [1.165, 1.54) is 11.2 Å². The van der Waals surface area contributed by atoms with Gasteiger partial charge >= 0.3 is 0 Å². The highest BCUT2D eigenvalue weighted by Crippen LogP contribution is 2.47. The molecular formula is C29H33N5O4. The lowest BCUT2D eigenvalue weighted by Crippen LogP contribution is -2.52. The number of aromatic nitrogens is 3. The molecule has 0 spiro atoms. The van der Waals surface area contributed by atoms with Crippen molar-refractivity contribution in [3.63, 3.8) is 0 Å². The maximum atomic E-state index is 14.2. The first-order valence-electron chi connectivity index (χ1n) is 13.2. The quantitative estimate of drug-likeness (QED) is 0.518. The average molecular weight is 516 g/mol. The minimum atomic E-state index is -0.957. The van der Waals surface area contributed by atoms with Crippen LogP contribution < -0.4 is 10.2 Å². The lowest BCUT2D eigenvalue weighted by Gasteiger charge is -2.36. The summed E-state index contributed by atoms with van der Waals surface area (Å²) in [7, 11) is 0. The third-order valence-corrected chi connectivity index (χ3v) is 8.03. The first-order chi connectivity index (χ1) is 18.3. The van der Waals surface area contributed by atoms with E-state index in [0.717, 1.165) is 18.4 Å². The van der Waals surface area contributed by atoms with Crippen molar-refractivity contribution in [1.82, 2.24) is 20.3 Å².